The van der Waals surface area contributed by atoms with Gasteiger partial charge in [-0.1, -0.05) is 5.16 Å². The molecule has 4 N–H and O–H groups in total. The van der Waals surface area contributed by atoms with Crippen LogP contribution < -0.4 is 11.1 Å². The highest BCUT2D eigenvalue weighted by molar-refractivity contribution is 8.00. The van der Waals surface area contributed by atoms with E-state index in [1.54, 1.807) is 0 Å². The second-order valence-electron chi connectivity index (χ2n) is 2.39. The van der Waals surface area contributed by atoms with Crippen LogP contribution in [0.5, 0.6) is 0 Å². The lowest BCUT2D eigenvalue weighted by atomic mass is 10.4. The van der Waals surface area contributed by atoms with Crippen molar-refractivity contribution in [1.82, 2.24) is 5.32 Å². The highest BCUT2D eigenvalue weighted by atomic mass is 32.2. The summed E-state index contributed by atoms with van der Waals surface area (Å²) >= 11 is -0.0752. The van der Waals surface area contributed by atoms with E-state index in [1.807, 2.05) is 0 Å². The van der Waals surface area contributed by atoms with Crippen LogP contribution in [-0.2, 0) is 0 Å². The molecule has 0 heterocycles. The molecule has 0 unspecified atom stereocenters. The minimum atomic E-state index is -4.17. The molecule has 0 rings (SSSR count). The van der Waals surface area contributed by atoms with Crippen molar-refractivity contribution in [3.63, 3.8) is 0 Å². The molecule has 0 aromatic heterocycles. The van der Waals surface area contributed by atoms with E-state index in [-0.39, 0.29) is 29.9 Å². The van der Waals surface area contributed by atoms with Gasteiger partial charge in [0.15, 0.2) is 0 Å². The molecule has 0 aromatic rings. The van der Waals surface area contributed by atoms with Gasteiger partial charge < -0.3 is 16.3 Å². The zero-order valence-corrected chi connectivity index (χ0v) is 8.16. The van der Waals surface area contributed by atoms with Crippen molar-refractivity contribution in [3.05, 3.63) is 0 Å². The Morgan fingerprint density at radius 1 is 1.43 bits per heavy atom. The molecule has 0 saturated heterocycles. The van der Waals surface area contributed by atoms with Crippen LogP contribution in [-0.4, -0.2) is 35.4 Å². The lowest BCUT2D eigenvalue weighted by molar-refractivity contribution is -0.0327. The van der Waals surface area contributed by atoms with Gasteiger partial charge >= 0.3 is 5.51 Å². The lowest BCUT2D eigenvalue weighted by Gasteiger charge is -2.06. The summed E-state index contributed by atoms with van der Waals surface area (Å²) in [6, 6.07) is 0. The summed E-state index contributed by atoms with van der Waals surface area (Å²) in [4.78, 5) is 0. The summed E-state index contributed by atoms with van der Waals surface area (Å²) in [7, 11) is 0. The smallest absolute Gasteiger partial charge is 0.409 e. The Morgan fingerprint density at radius 2 is 2.07 bits per heavy atom. The van der Waals surface area contributed by atoms with Crippen LogP contribution in [0.1, 0.15) is 6.42 Å². The highest BCUT2D eigenvalue weighted by Crippen LogP contribution is 2.29. The maximum atomic E-state index is 11.6. The largest absolute Gasteiger partial charge is 0.441 e. The first-order valence-electron chi connectivity index (χ1n) is 3.83. The summed E-state index contributed by atoms with van der Waals surface area (Å²) in [5, 5.41) is 13.6. The number of halogens is 3. The van der Waals surface area contributed by atoms with E-state index in [2.05, 4.69) is 10.5 Å². The van der Waals surface area contributed by atoms with Crippen molar-refractivity contribution in [1.29, 1.82) is 0 Å². The van der Waals surface area contributed by atoms with Crippen molar-refractivity contribution in [2.75, 3.05) is 18.8 Å². The topological polar surface area (TPSA) is 70.6 Å². The fourth-order valence-electron chi connectivity index (χ4n) is 0.630. The third kappa shape index (κ3) is 9.46. The number of nitrogens with one attached hydrogen (secondary N) is 1. The number of hydrogen-bond acceptors (Lipinski definition) is 4. The Labute approximate surface area is 83.7 Å². The van der Waals surface area contributed by atoms with Crippen LogP contribution in [0.25, 0.3) is 0 Å². The van der Waals surface area contributed by atoms with E-state index in [0.717, 1.165) is 0 Å². The predicted molar refractivity (Wildman–Crippen MR) is 49.4 cm³/mol. The number of nitrogens with two attached hydrogens (primary N) is 1. The number of rotatable bonds is 6. The Bertz CT molecular complexity index is 186. The molecule has 84 valence electrons. The predicted octanol–water partition coefficient (Wildman–Crippen LogP) is 0.966. The van der Waals surface area contributed by atoms with Gasteiger partial charge in [-0.05, 0) is 11.8 Å². The maximum absolute atomic E-state index is 11.6. The zero-order valence-electron chi connectivity index (χ0n) is 7.34. The monoisotopic (exact) mass is 231 g/mol. The summed E-state index contributed by atoms with van der Waals surface area (Å²) in [6.07, 6.45) is 0.313. The van der Waals surface area contributed by atoms with E-state index in [9.17, 15) is 13.2 Å². The average Bonchev–Trinajstić information content (AvgIpc) is 2.08. The Kier molecular flexibility index (Phi) is 6.46. The molecule has 0 aliphatic rings. The van der Waals surface area contributed by atoms with E-state index < -0.39 is 5.51 Å². The molecule has 4 nitrogen and oxygen atoms in total. The summed E-state index contributed by atoms with van der Waals surface area (Å²) < 4.78 is 34.8. The molecule has 0 spiro atoms. The molecule has 0 bridgehead atoms. The van der Waals surface area contributed by atoms with Gasteiger partial charge in [0.05, 0.1) is 0 Å². The minimum Gasteiger partial charge on any atom is -0.409 e. The molecule has 0 atom stereocenters. The van der Waals surface area contributed by atoms with E-state index in [4.69, 9.17) is 10.9 Å². The van der Waals surface area contributed by atoms with Gasteiger partial charge in [-0.15, -0.1) is 0 Å². The fraction of sp³-hybridized carbons (Fsp3) is 0.833. The zero-order chi connectivity index (χ0) is 11.0. The van der Waals surface area contributed by atoms with Crippen LogP contribution in [0.2, 0.25) is 0 Å². The number of thioether (sulfide) groups is 1. The first-order chi connectivity index (χ1) is 6.45. The number of nitrogens with zero attached hydrogens (tertiary/aromatic N) is 1. The summed E-state index contributed by atoms with van der Waals surface area (Å²) in [6.45, 7) is 0.636. The van der Waals surface area contributed by atoms with Crippen LogP contribution in [0.15, 0.2) is 5.16 Å². The molecule has 0 amide bonds. The fourth-order valence-corrected chi connectivity index (χ4v) is 1.11. The molecular weight excluding hydrogens is 219 g/mol. The van der Waals surface area contributed by atoms with Crippen molar-refractivity contribution in [2.45, 2.75) is 11.9 Å². The van der Waals surface area contributed by atoms with E-state index in [0.29, 0.717) is 13.0 Å². The van der Waals surface area contributed by atoms with Gasteiger partial charge in [-0.25, -0.2) is 0 Å². The van der Waals surface area contributed by atoms with Crippen LogP contribution in [0, 0.1) is 0 Å². The highest BCUT2D eigenvalue weighted by Gasteiger charge is 2.27. The van der Waals surface area contributed by atoms with Crippen molar-refractivity contribution < 1.29 is 18.4 Å². The molecule has 0 aliphatic heterocycles. The quantitative estimate of drug-likeness (QED) is 0.209. The number of alkyl halides is 3. The Hall–Kier alpha value is -0.630. The Morgan fingerprint density at radius 3 is 2.57 bits per heavy atom. The standard InChI is InChI=1S/C6H12F3N3OS/c7-6(8,9)14-4-3-11-2-1-5(10)12-13/h11,13H,1-4H2,(H2,10,12). The third-order valence-corrected chi connectivity index (χ3v) is 1.97. The molecule has 0 saturated carbocycles. The first kappa shape index (κ1) is 13.4. The van der Waals surface area contributed by atoms with Gasteiger partial charge in [0, 0.05) is 25.3 Å². The average molecular weight is 231 g/mol. The number of hydrogen-bond donors (Lipinski definition) is 3. The second-order valence-corrected chi connectivity index (χ2v) is 3.55. The SMILES string of the molecule is NC(CCNCCSC(F)(F)F)=NO. The van der Waals surface area contributed by atoms with Crippen LogP contribution in [0.3, 0.4) is 0 Å². The van der Waals surface area contributed by atoms with Crippen molar-refractivity contribution in [3.8, 4) is 0 Å². The molecule has 0 aromatic carbocycles. The van der Waals surface area contributed by atoms with Gasteiger partial charge in [0.1, 0.15) is 5.84 Å². The van der Waals surface area contributed by atoms with Gasteiger partial charge in [-0.3, -0.25) is 0 Å². The van der Waals surface area contributed by atoms with E-state index >= 15 is 0 Å². The molecular formula is C6H12F3N3OS. The number of oxime groups is 1. The third-order valence-electron chi connectivity index (χ3n) is 1.23. The van der Waals surface area contributed by atoms with Crippen molar-refractivity contribution in [2.24, 2.45) is 10.9 Å². The Balaban J connectivity index is 3.23. The second kappa shape index (κ2) is 6.77. The maximum Gasteiger partial charge on any atom is 0.441 e. The van der Waals surface area contributed by atoms with E-state index in [1.165, 1.54) is 0 Å². The lowest BCUT2D eigenvalue weighted by Crippen LogP contribution is -2.24. The summed E-state index contributed by atoms with van der Waals surface area (Å²) in [5.41, 5.74) is 0.958. The molecule has 0 fully saturated rings. The molecule has 0 radical (unpaired) electrons. The molecule has 0 aliphatic carbocycles. The van der Waals surface area contributed by atoms with Crippen molar-refractivity contribution >= 4 is 17.6 Å². The van der Waals surface area contributed by atoms with Gasteiger partial charge in [-0.2, -0.15) is 13.2 Å². The first-order valence-corrected chi connectivity index (χ1v) is 4.82. The minimum absolute atomic E-state index is 0.0420. The van der Waals surface area contributed by atoms with Gasteiger partial charge in [0.2, 0.25) is 0 Å². The number of amidine groups is 1. The van der Waals surface area contributed by atoms with Crippen LogP contribution >= 0.6 is 11.8 Å². The summed E-state index contributed by atoms with van der Waals surface area (Å²) in [5.74, 6) is 0.0145. The van der Waals surface area contributed by atoms with Gasteiger partial charge in [0.25, 0.3) is 0 Å². The normalized spacial score (nSPS) is 13.2. The molecule has 14 heavy (non-hydrogen) atoms. The van der Waals surface area contributed by atoms with Crippen LogP contribution in [0.4, 0.5) is 13.2 Å². The molecule has 8 heteroatoms.